The second-order valence-corrected chi connectivity index (χ2v) is 6.30. The van der Waals surface area contributed by atoms with Crippen molar-refractivity contribution in [1.29, 1.82) is 0 Å². The highest BCUT2D eigenvalue weighted by Gasteiger charge is 2.43. The van der Waals surface area contributed by atoms with E-state index >= 15 is 0 Å². The van der Waals surface area contributed by atoms with E-state index in [-0.39, 0.29) is 5.56 Å². The molecule has 102 valence electrons. The van der Waals surface area contributed by atoms with Crippen LogP contribution in [0.15, 0.2) is 18.2 Å². The van der Waals surface area contributed by atoms with Gasteiger partial charge in [-0.2, -0.15) is 0 Å². The molecule has 4 heteroatoms. The van der Waals surface area contributed by atoms with Crippen molar-refractivity contribution in [3.8, 4) is 0 Å². The number of nitrogens with zero attached hydrogens (tertiary/aromatic N) is 1. The van der Waals surface area contributed by atoms with Crippen LogP contribution < -0.4 is 4.90 Å². The van der Waals surface area contributed by atoms with Crippen LogP contribution in [0.4, 0.5) is 5.69 Å². The fourth-order valence-electron chi connectivity index (χ4n) is 3.45. The smallest absolute Gasteiger partial charge is 0.335 e. The van der Waals surface area contributed by atoms with Gasteiger partial charge in [-0.25, -0.2) is 4.79 Å². The maximum atomic E-state index is 10.9. The van der Waals surface area contributed by atoms with Gasteiger partial charge in [0.15, 0.2) is 0 Å². The summed E-state index contributed by atoms with van der Waals surface area (Å²) in [5.41, 5.74) is 1.73. The van der Waals surface area contributed by atoms with E-state index in [2.05, 4.69) is 4.90 Å². The van der Waals surface area contributed by atoms with E-state index < -0.39 is 5.97 Å². The number of hydrogen-bond acceptors (Lipinski definition) is 2. The molecule has 3 nitrogen and oxygen atoms in total. The highest BCUT2D eigenvalue weighted by Crippen LogP contribution is 2.46. The third-order valence-electron chi connectivity index (χ3n) is 4.50. The molecule has 0 amide bonds. The third kappa shape index (κ3) is 2.32. The lowest BCUT2D eigenvalue weighted by molar-refractivity contribution is 0.0697. The van der Waals surface area contributed by atoms with Gasteiger partial charge in [-0.3, -0.25) is 0 Å². The van der Waals surface area contributed by atoms with Crippen LogP contribution in [0.3, 0.4) is 0 Å². The summed E-state index contributed by atoms with van der Waals surface area (Å²) in [4.78, 5) is 13.2. The van der Waals surface area contributed by atoms with Crippen LogP contribution >= 0.6 is 11.6 Å². The van der Waals surface area contributed by atoms with Gasteiger partial charge in [0.25, 0.3) is 0 Å². The Morgan fingerprint density at radius 3 is 2.47 bits per heavy atom. The molecule has 0 radical (unpaired) electrons. The summed E-state index contributed by atoms with van der Waals surface area (Å²) < 4.78 is 0. The molecule has 1 aliphatic carbocycles. The van der Waals surface area contributed by atoms with Crippen molar-refractivity contribution in [3.05, 3.63) is 28.8 Å². The number of carboxylic acids is 1. The van der Waals surface area contributed by atoms with Gasteiger partial charge >= 0.3 is 5.97 Å². The van der Waals surface area contributed by atoms with Gasteiger partial charge in [0.05, 0.1) is 16.3 Å². The maximum absolute atomic E-state index is 10.9. The summed E-state index contributed by atoms with van der Waals surface area (Å²) in [5, 5.41) is 9.48. The van der Waals surface area contributed by atoms with Crippen LogP contribution in [-0.4, -0.2) is 24.2 Å². The Labute approximate surface area is 118 Å². The lowest BCUT2D eigenvalue weighted by Crippen LogP contribution is -2.57. The monoisotopic (exact) mass is 279 g/mol. The molecule has 2 fully saturated rings. The summed E-state index contributed by atoms with van der Waals surface area (Å²) in [6, 6.07) is 5.02. The van der Waals surface area contributed by atoms with Crippen molar-refractivity contribution >= 4 is 23.3 Å². The molecule has 0 bridgehead atoms. The van der Waals surface area contributed by atoms with Crippen LogP contribution in [0, 0.1) is 5.41 Å². The van der Waals surface area contributed by atoms with E-state index in [0.29, 0.717) is 10.4 Å². The Bertz CT molecular complexity index is 501. The van der Waals surface area contributed by atoms with Crippen LogP contribution in [0.5, 0.6) is 0 Å². The first kappa shape index (κ1) is 12.8. The molecule has 3 rings (SSSR count). The lowest BCUT2D eigenvalue weighted by atomic mass is 9.68. The number of carboxylic acid groups (broad SMARTS) is 1. The van der Waals surface area contributed by atoms with Gasteiger partial charge in [-0.05, 0) is 31.0 Å². The van der Waals surface area contributed by atoms with E-state index in [9.17, 15) is 4.79 Å². The van der Waals surface area contributed by atoms with Crippen molar-refractivity contribution < 1.29 is 9.90 Å². The first-order chi connectivity index (χ1) is 9.10. The third-order valence-corrected chi connectivity index (χ3v) is 4.80. The molecule has 1 heterocycles. The van der Waals surface area contributed by atoms with Crippen molar-refractivity contribution in [2.24, 2.45) is 5.41 Å². The number of aromatic carboxylic acids is 1. The zero-order chi connectivity index (χ0) is 13.5. The molecule has 1 aromatic carbocycles. The molecule has 1 aliphatic heterocycles. The summed E-state index contributed by atoms with van der Waals surface area (Å²) in [6.07, 6.45) is 6.72. The largest absolute Gasteiger partial charge is 0.478 e. The Hall–Kier alpha value is -1.22. The van der Waals surface area contributed by atoms with Gasteiger partial charge in [-0.1, -0.05) is 30.9 Å². The quantitative estimate of drug-likeness (QED) is 0.895. The van der Waals surface area contributed by atoms with Gasteiger partial charge in [0, 0.05) is 18.5 Å². The Balaban J connectivity index is 1.73. The molecular formula is C15H18ClNO2. The first-order valence-corrected chi connectivity index (χ1v) is 7.25. The number of anilines is 1. The molecule has 1 aromatic rings. The van der Waals surface area contributed by atoms with Crippen molar-refractivity contribution in [1.82, 2.24) is 0 Å². The number of hydrogen-bond donors (Lipinski definition) is 1. The summed E-state index contributed by atoms with van der Waals surface area (Å²) >= 11 is 6.20. The normalized spacial score (nSPS) is 21.2. The Kier molecular flexibility index (Phi) is 3.17. The van der Waals surface area contributed by atoms with Crippen LogP contribution in [0.2, 0.25) is 5.02 Å². The molecular weight excluding hydrogens is 262 g/mol. The molecule has 2 aliphatic rings. The van der Waals surface area contributed by atoms with E-state index in [1.807, 2.05) is 6.07 Å². The summed E-state index contributed by atoms with van der Waals surface area (Å²) in [6.45, 7) is 2.14. The minimum atomic E-state index is -0.930. The highest BCUT2D eigenvalue weighted by atomic mass is 35.5. The molecule has 1 saturated heterocycles. The molecule has 19 heavy (non-hydrogen) atoms. The molecule has 0 aromatic heterocycles. The molecule has 1 saturated carbocycles. The average Bonchev–Trinajstić information content (AvgIpc) is 2.37. The standard InChI is InChI=1S/C15H18ClNO2/c16-12-8-11(14(18)19)4-5-13(12)17-9-15(10-17)6-2-1-3-7-15/h4-5,8H,1-3,6-7,9-10H2,(H,18,19). The fraction of sp³-hybridized carbons (Fsp3) is 0.533. The zero-order valence-electron chi connectivity index (χ0n) is 10.9. The van der Waals surface area contributed by atoms with E-state index in [1.54, 1.807) is 12.1 Å². The zero-order valence-corrected chi connectivity index (χ0v) is 11.6. The van der Waals surface area contributed by atoms with Crippen LogP contribution in [-0.2, 0) is 0 Å². The van der Waals surface area contributed by atoms with Crippen molar-refractivity contribution in [2.75, 3.05) is 18.0 Å². The summed E-state index contributed by atoms with van der Waals surface area (Å²) in [7, 11) is 0. The molecule has 1 spiro atoms. The predicted molar refractivity (Wildman–Crippen MR) is 76.1 cm³/mol. The lowest BCUT2D eigenvalue weighted by Gasteiger charge is -2.53. The maximum Gasteiger partial charge on any atom is 0.335 e. The van der Waals surface area contributed by atoms with Crippen molar-refractivity contribution in [2.45, 2.75) is 32.1 Å². The number of halogens is 1. The molecule has 0 atom stereocenters. The van der Waals surface area contributed by atoms with E-state index in [1.165, 1.54) is 32.1 Å². The fourth-order valence-corrected chi connectivity index (χ4v) is 3.75. The molecule has 0 unspecified atom stereocenters. The summed E-state index contributed by atoms with van der Waals surface area (Å²) in [5.74, 6) is -0.930. The van der Waals surface area contributed by atoms with E-state index in [0.717, 1.165) is 18.8 Å². The minimum Gasteiger partial charge on any atom is -0.478 e. The second-order valence-electron chi connectivity index (χ2n) is 5.89. The predicted octanol–water partition coefficient (Wildman–Crippen LogP) is 3.81. The van der Waals surface area contributed by atoms with Crippen LogP contribution in [0.25, 0.3) is 0 Å². The minimum absolute atomic E-state index is 0.252. The Morgan fingerprint density at radius 2 is 1.89 bits per heavy atom. The van der Waals surface area contributed by atoms with E-state index in [4.69, 9.17) is 16.7 Å². The Morgan fingerprint density at radius 1 is 1.21 bits per heavy atom. The highest BCUT2D eigenvalue weighted by molar-refractivity contribution is 6.33. The van der Waals surface area contributed by atoms with Gasteiger partial charge in [-0.15, -0.1) is 0 Å². The van der Waals surface area contributed by atoms with Gasteiger partial charge in [0.2, 0.25) is 0 Å². The van der Waals surface area contributed by atoms with Gasteiger partial charge < -0.3 is 10.0 Å². The van der Waals surface area contributed by atoms with Gasteiger partial charge in [0.1, 0.15) is 0 Å². The first-order valence-electron chi connectivity index (χ1n) is 6.88. The number of rotatable bonds is 2. The number of benzene rings is 1. The van der Waals surface area contributed by atoms with Crippen LogP contribution in [0.1, 0.15) is 42.5 Å². The number of carbonyl (C=O) groups is 1. The SMILES string of the molecule is O=C(O)c1ccc(N2CC3(CCCCC3)C2)c(Cl)c1. The second kappa shape index (κ2) is 4.71. The topological polar surface area (TPSA) is 40.5 Å². The van der Waals surface area contributed by atoms with Crippen molar-refractivity contribution in [3.63, 3.8) is 0 Å². The average molecular weight is 280 g/mol. The molecule has 1 N–H and O–H groups in total.